The van der Waals surface area contributed by atoms with Crippen LogP contribution < -0.4 is 11.1 Å². The van der Waals surface area contributed by atoms with Gasteiger partial charge in [0.2, 0.25) is 0 Å². The van der Waals surface area contributed by atoms with Gasteiger partial charge >= 0.3 is 6.18 Å². The van der Waals surface area contributed by atoms with Crippen molar-refractivity contribution < 1.29 is 27.1 Å². The summed E-state index contributed by atoms with van der Waals surface area (Å²) < 4.78 is 59.1. The number of hydrogen-bond donors (Lipinski definition) is 2. The summed E-state index contributed by atoms with van der Waals surface area (Å²) in [5.41, 5.74) is 2.69. The van der Waals surface area contributed by atoms with Crippen LogP contribution in [0.5, 0.6) is 0 Å². The number of carbonyl (C=O) groups excluding carboxylic acids is 1. The van der Waals surface area contributed by atoms with Crippen molar-refractivity contribution >= 4 is 17.6 Å². The van der Waals surface area contributed by atoms with Crippen LogP contribution in [0.15, 0.2) is 41.5 Å². The van der Waals surface area contributed by atoms with Crippen LogP contribution in [0.25, 0.3) is 0 Å². The molecule has 148 valence electrons. The summed E-state index contributed by atoms with van der Waals surface area (Å²) in [6, 6.07) is 5.37. The monoisotopic (exact) mass is 396 g/mol. The normalized spacial score (nSPS) is 19.5. The SMILES string of the molecule is C[C@@]1(c2cc(NC(=O)c3ncccc3C(F)(F)F)ccc2F)CCN=C(N)O1. The minimum Gasteiger partial charge on any atom is -0.454 e. The number of ether oxygens (including phenoxy) is 1. The number of aromatic nitrogens is 1. The Morgan fingerprint density at radius 2 is 2.07 bits per heavy atom. The molecule has 0 bridgehead atoms. The molecule has 1 aliphatic rings. The number of carbonyl (C=O) groups is 1. The lowest BCUT2D eigenvalue weighted by molar-refractivity contribution is -0.138. The molecule has 0 radical (unpaired) electrons. The zero-order valence-electron chi connectivity index (χ0n) is 14.7. The molecule has 2 heterocycles. The maximum Gasteiger partial charge on any atom is 0.418 e. The summed E-state index contributed by atoms with van der Waals surface area (Å²) in [6.07, 6.45) is -3.32. The predicted octanol–water partition coefficient (Wildman–Crippen LogP) is 3.44. The third-order valence-electron chi connectivity index (χ3n) is 4.31. The third-order valence-corrected chi connectivity index (χ3v) is 4.31. The number of nitrogens with zero attached hydrogens (tertiary/aromatic N) is 2. The highest BCUT2D eigenvalue weighted by atomic mass is 19.4. The van der Waals surface area contributed by atoms with Crippen LogP contribution >= 0.6 is 0 Å². The van der Waals surface area contributed by atoms with Crippen LogP contribution in [-0.4, -0.2) is 23.5 Å². The van der Waals surface area contributed by atoms with Crippen molar-refractivity contribution in [2.45, 2.75) is 25.1 Å². The van der Waals surface area contributed by atoms with E-state index >= 15 is 0 Å². The van der Waals surface area contributed by atoms with Gasteiger partial charge in [-0.25, -0.2) is 9.38 Å². The molecule has 10 heteroatoms. The van der Waals surface area contributed by atoms with Gasteiger partial charge in [0.15, 0.2) is 0 Å². The molecular formula is C18H16F4N4O2. The maximum atomic E-state index is 14.4. The van der Waals surface area contributed by atoms with E-state index < -0.39 is 34.8 Å². The van der Waals surface area contributed by atoms with E-state index in [2.05, 4.69) is 15.3 Å². The number of amides is 1. The summed E-state index contributed by atoms with van der Waals surface area (Å²) in [5, 5.41) is 2.32. The molecule has 0 saturated carbocycles. The number of benzene rings is 1. The van der Waals surface area contributed by atoms with Crippen molar-refractivity contribution in [1.29, 1.82) is 0 Å². The molecule has 1 amide bonds. The number of nitrogens with one attached hydrogen (secondary N) is 1. The van der Waals surface area contributed by atoms with E-state index in [9.17, 15) is 22.4 Å². The van der Waals surface area contributed by atoms with E-state index in [1.165, 1.54) is 12.1 Å². The van der Waals surface area contributed by atoms with Crippen LogP contribution in [0, 0.1) is 5.82 Å². The number of nitrogens with two attached hydrogens (primary N) is 1. The minimum absolute atomic E-state index is 0.0890. The Kier molecular flexibility index (Phi) is 4.97. The van der Waals surface area contributed by atoms with Gasteiger partial charge in [-0.05, 0) is 37.3 Å². The largest absolute Gasteiger partial charge is 0.454 e. The van der Waals surface area contributed by atoms with E-state index in [1.54, 1.807) is 6.92 Å². The van der Waals surface area contributed by atoms with E-state index in [1.807, 2.05) is 0 Å². The lowest BCUT2D eigenvalue weighted by atomic mass is 9.90. The zero-order chi connectivity index (χ0) is 20.5. The fourth-order valence-corrected chi connectivity index (χ4v) is 2.90. The molecule has 0 saturated heterocycles. The van der Waals surface area contributed by atoms with Gasteiger partial charge in [0.1, 0.15) is 17.1 Å². The van der Waals surface area contributed by atoms with Crippen molar-refractivity contribution in [3.8, 4) is 0 Å². The summed E-state index contributed by atoms with van der Waals surface area (Å²) in [7, 11) is 0. The van der Waals surface area contributed by atoms with Gasteiger partial charge in [-0.2, -0.15) is 13.2 Å². The fraction of sp³-hybridized carbons (Fsp3) is 0.278. The quantitative estimate of drug-likeness (QED) is 0.778. The number of aliphatic imine (C=N–C) groups is 1. The summed E-state index contributed by atoms with van der Waals surface area (Å²) >= 11 is 0. The number of amidine groups is 1. The van der Waals surface area contributed by atoms with Gasteiger partial charge in [0.25, 0.3) is 11.9 Å². The van der Waals surface area contributed by atoms with Crippen LogP contribution in [0.2, 0.25) is 0 Å². The average molecular weight is 396 g/mol. The molecule has 1 aromatic heterocycles. The first-order valence-electron chi connectivity index (χ1n) is 8.23. The second-order valence-corrected chi connectivity index (χ2v) is 6.35. The molecule has 0 unspecified atom stereocenters. The number of alkyl halides is 3. The van der Waals surface area contributed by atoms with Crippen LogP contribution in [-0.2, 0) is 16.5 Å². The Hall–Kier alpha value is -3.17. The van der Waals surface area contributed by atoms with Crippen LogP contribution in [0.1, 0.15) is 35.0 Å². The third kappa shape index (κ3) is 3.90. The average Bonchev–Trinajstić information content (AvgIpc) is 2.62. The van der Waals surface area contributed by atoms with Crippen molar-refractivity contribution in [1.82, 2.24) is 4.98 Å². The summed E-state index contributed by atoms with van der Waals surface area (Å²) in [6.45, 7) is 1.93. The van der Waals surface area contributed by atoms with Crippen molar-refractivity contribution in [2.24, 2.45) is 10.7 Å². The Bertz CT molecular complexity index is 945. The highest BCUT2D eigenvalue weighted by Gasteiger charge is 2.37. The second-order valence-electron chi connectivity index (χ2n) is 6.35. The van der Waals surface area contributed by atoms with Gasteiger partial charge in [0.05, 0.1) is 5.56 Å². The number of anilines is 1. The summed E-state index contributed by atoms with van der Waals surface area (Å²) in [4.78, 5) is 19.8. The topological polar surface area (TPSA) is 89.6 Å². The van der Waals surface area contributed by atoms with E-state index in [0.717, 1.165) is 24.4 Å². The Labute approximate surface area is 157 Å². The van der Waals surface area contributed by atoms with Crippen molar-refractivity contribution in [3.05, 3.63) is 59.2 Å². The van der Waals surface area contributed by atoms with Crippen LogP contribution in [0.4, 0.5) is 23.2 Å². The highest BCUT2D eigenvalue weighted by Crippen LogP contribution is 2.35. The Morgan fingerprint density at radius 3 is 2.75 bits per heavy atom. The predicted molar refractivity (Wildman–Crippen MR) is 93.1 cm³/mol. The number of halogens is 4. The molecule has 2 aromatic rings. The molecule has 28 heavy (non-hydrogen) atoms. The van der Waals surface area contributed by atoms with Gasteiger partial charge in [-0.3, -0.25) is 9.78 Å². The molecule has 1 aliphatic heterocycles. The van der Waals surface area contributed by atoms with Gasteiger partial charge in [-0.15, -0.1) is 0 Å². The number of rotatable bonds is 3. The first-order chi connectivity index (χ1) is 13.1. The number of hydrogen-bond acceptors (Lipinski definition) is 5. The second kappa shape index (κ2) is 7.10. The molecule has 1 aromatic carbocycles. The molecule has 6 nitrogen and oxygen atoms in total. The van der Waals surface area contributed by atoms with E-state index in [-0.39, 0.29) is 17.3 Å². The molecule has 1 atom stereocenters. The van der Waals surface area contributed by atoms with Crippen molar-refractivity contribution in [2.75, 3.05) is 11.9 Å². The molecular weight excluding hydrogens is 380 g/mol. The minimum atomic E-state index is -4.74. The van der Waals surface area contributed by atoms with Crippen LogP contribution in [0.3, 0.4) is 0 Å². The molecule has 0 spiro atoms. The first-order valence-corrected chi connectivity index (χ1v) is 8.23. The molecule has 0 fully saturated rings. The molecule has 0 aliphatic carbocycles. The van der Waals surface area contributed by atoms with Gasteiger partial charge in [-0.1, -0.05) is 0 Å². The fourth-order valence-electron chi connectivity index (χ4n) is 2.90. The maximum absolute atomic E-state index is 14.4. The zero-order valence-corrected chi connectivity index (χ0v) is 14.7. The molecule has 3 rings (SSSR count). The van der Waals surface area contributed by atoms with E-state index in [4.69, 9.17) is 10.5 Å². The lowest BCUT2D eigenvalue weighted by Gasteiger charge is -2.33. The molecule has 3 N–H and O–H groups in total. The first kappa shape index (κ1) is 19.6. The standard InChI is InChI=1S/C18H16F4N4O2/c1-17(6-8-25-16(23)28-17)12-9-10(4-5-13(12)19)26-15(27)14-11(18(20,21)22)3-2-7-24-14/h2-5,7,9H,6,8H2,1H3,(H2,23,25)(H,26,27)/t17-/m0/s1. The lowest BCUT2D eigenvalue weighted by Crippen LogP contribution is -2.38. The van der Waals surface area contributed by atoms with Gasteiger partial charge in [0, 0.05) is 30.4 Å². The van der Waals surface area contributed by atoms with Gasteiger partial charge < -0.3 is 15.8 Å². The summed E-state index contributed by atoms with van der Waals surface area (Å²) in [5.74, 6) is -1.68. The number of pyridine rings is 1. The van der Waals surface area contributed by atoms with Crippen molar-refractivity contribution in [3.63, 3.8) is 0 Å². The highest BCUT2D eigenvalue weighted by molar-refractivity contribution is 6.04. The Morgan fingerprint density at radius 1 is 1.32 bits per heavy atom. The Balaban J connectivity index is 1.91. The van der Waals surface area contributed by atoms with E-state index in [0.29, 0.717) is 13.0 Å². The smallest absolute Gasteiger partial charge is 0.418 e.